The summed E-state index contributed by atoms with van der Waals surface area (Å²) in [6, 6.07) is 11.5. The first-order chi connectivity index (χ1) is 17.9. The molecule has 1 N–H and O–H groups in total. The third kappa shape index (κ3) is 5.12. The molecule has 1 amide bonds. The Bertz CT molecular complexity index is 1510. The van der Waals surface area contributed by atoms with Crippen molar-refractivity contribution in [1.29, 1.82) is 0 Å². The molecule has 0 spiro atoms. The van der Waals surface area contributed by atoms with E-state index in [2.05, 4.69) is 10.4 Å². The van der Waals surface area contributed by atoms with Gasteiger partial charge in [0.1, 0.15) is 10.8 Å². The number of rotatable bonds is 9. The number of ether oxygens (including phenoxy) is 4. The number of anilines is 1. The SMILES string of the molecule is CCOC(=O)c1nn(-c2ccc(OCC)cc2)c(=O)c2c(NC(=O)c3ccc(OC)c(OC)c3)scc12. The summed E-state index contributed by atoms with van der Waals surface area (Å²) in [6.45, 7) is 4.18. The number of aromatic nitrogens is 2. The van der Waals surface area contributed by atoms with Crippen LogP contribution in [0.15, 0.2) is 52.6 Å². The predicted molar refractivity (Wildman–Crippen MR) is 140 cm³/mol. The second-order valence-electron chi connectivity index (χ2n) is 7.59. The maximum atomic E-state index is 13.6. The van der Waals surface area contributed by atoms with Crippen molar-refractivity contribution >= 4 is 39.0 Å². The first-order valence-corrected chi connectivity index (χ1v) is 12.3. The zero-order chi connectivity index (χ0) is 26.5. The van der Waals surface area contributed by atoms with Crippen LogP contribution < -0.4 is 25.1 Å². The molecule has 0 atom stereocenters. The van der Waals surface area contributed by atoms with Crippen molar-refractivity contribution in [1.82, 2.24) is 9.78 Å². The highest BCUT2D eigenvalue weighted by Gasteiger charge is 2.23. The fraction of sp³-hybridized carbons (Fsp3) is 0.231. The number of carbonyl (C=O) groups is 2. The Hall–Kier alpha value is -4.38. The standard InChI is InChI=1S/C26H25N3O7S/c1-5-35-17-10-8-16(9-11-17)29-25(31)21-18(22(28-29)26(32)36-6-2)14-37-24(21)27-23(30)15-7-12-19(33-3)20(13-15)34-4/h7-14H,5-6H2,1-4H3,(H,27,30). The van der Waals surface area contributed by atoms with Gasteiger partial charge < -0.3 is 24.3 Å². The van der Waals surface area contributed by atoms with Crippen molar-refractivity contribution in [2.45, 2.75) is 13.8 Å². The van der Waals surface area contributed by atoms with Crippen molar-refractivity contribution < 1.29 is 28.5 Å². The highest BCUT2D eigenvalue weighted by Crippen LogP contribution is 2.32. The van der Waals surface area contributed by atoms with Gasteiger partial charge in [0.15, 0.2) is 17.2 Å². The van der Waals surface area contributed by atoms with E-state index in [4.69, 9.17) is 18.9 Å². The highest BCUT2D eigenvalue weighted by atomic mass is 32.1. The zero-order valence-corrected chi connectivity index (χ0v) is 21.5. The molecule has 2 aromatic carbocycles. The number of esters is 1. The fourth-order valence-corrected chi connectivity index (χ4v) is 4.60. The molecule has 0 aliphatic heterocycles. The number of hydrogen-bond acceptors (Lipinski definition) is 9. The lowest BCUT2D eigenvalue weighted by atomic mass is 10.1. The van der Waals surface area contributed by atoms with E-state index in [9.17, 15) is 14.4 Å². The zero-order valence-electron chi connectivity index (χ0n) is 20.7. The van der Waals surface area contributed by atoms with E-state index in [0.29, 0.717) is 40.5 Å². The van der Waals surface area contributed by atoms with E-state index < -0.39 is 17.4 Å². The molecule has 0 aliphatic carbocycles. The number of hydrogen-bond donors (Lipinski definition) is 1. The summed E-state index contributed by atoms with van der Waals surface area (Å²) in [5, 5.41) is 9.40. The summed E-state index contributed by atoms with van der Waals surface area (Å²) in [5.74, 6) is 0.347. The normalized spacial score (nSPS) is 10.7. The van der Waals surface area contributed by atoms with E-state index in [1.165, 1.54) is 20.3 Å². The van der Waals surface area contributed by atoms with E-state index in [1.54, 1.807) is 48.7 Å². The molecule has 37 heavy (non-hydrogen) atoms. The minimum absolute atomic E-state index is 0.0341. The van der Waals surface area contributed by atoms with Crippen LogP contribution in [0.25, 0.3) is 16.5 Å². The molecule has 192 valence electrons. The lowest BCUT2D eigenvalue weighted by molar-refractivity contribution is 0.0520. The van der Waals surface area contributed by atoms with E-state index in [-0.39, 0.29) is 22.7 Å². The van der Waals surface area contributed by atoms with Crippen LogP contribution in [-0.2, 0) is 4.74 Å². The average molecular weight is 524 g/mol. The molecule has 0 aliphatic rings. The number of fused-ring (bicyclic) bond motifs is 1. The van der Waals surface area contributed by atoms with Gasteiger partial charge in [-0.1, -0.05) is 0 Å². The molecule has 11 heteroatoms. The minimum Gasteiger partial charge on any atom is -0.494 e. The van der Waals surface area contributed by atoms with Crippen LogP contribution in [0.4, 0.5) is 5.00 Å². The maximum Gasteiger partial charge on any atom is 0.359 e. The summed E-state index contributed by atoms with van der Waals surface area (Å²) < 4.78 is 22.3. The molecule has 0 saturated heterocycles. The third-order valence-electron chi connectivity index (χ3n) is 5.39. The molecular formula is C26H25N3O7S. The topological polar surface area (TPSA) is 118 Å². The van der Waals surface area contributed by atoms with Gasteiger partial charge in [0, 0.05) is 16.3 Å². The molecule has 10 nitrogen and oxygen atoms in total. The molecular weight excluding hydrogens is 498 g/mol. The molecule has 2 heterocycles. The molecule has 0 fully saturated rings. The number of carbonyl (C=O) groups excluding carboxylic acids is 2. The smallest absolute Gasteiger partial charge is 0.359 e. The lowest BCUT2D eigenvalue weighted by Gasteiger charge is -2.11. The maximum absolute atomic E-state index is 13.6. The Morgan fingerprint density at radius 2 is 1.73 bits per heavy atom. The molecule has 4 aromatic rings. The van der Waals surface area contributed by atoms with Gasteiger partial charge in [-0.15, -0.1) is 11.3 Å². The molecule has 0 saturated carbocycles. The molecule has 4 rings (SSSR count). The quantitative estimate of drug-likeness (QED) is 0.323. The van der Waals surface area contributed by atoms with Gasteiger partial charge in [0.2, 0.25) is 0 Å². The van der Waals surface area contributed by atoms with Crippen molar-refractivity contribution in [2.24, 2.45) is 0 Å². The molecule has 0 bridgehead atoms. The van der Waals surface area contributed by atoms with Crippen molar-refractivity contribution in [2.75, 3.05) is 32.8 Å². The van der Waals surface area contributed by atoms with Crippen LogP contribution in [0.3, 0.4) is 0 Å². The van der Waals surface area contributed by atoms with Gasteiger partial charge in [-0.2, -0.15) is 9.78 Å². The second kappa shape index (κ2) is 11.1. The molecule has 2 aromatic heterocycles. The van der Waals surface area contributed by atoms with E-state index in [1.807, 2.05) is 6.92 Å². The highest BCUT2D eigenvalue weighted by molar-refractivity contribution is 7.16. The van der Waals surface area contributed by atoms with E-state index >= 15 is 0 Å². The fourth-order valence-electron chi connectivity index (χ4n) is 3.67. The Balaban J connectivity index is 1.81. The predicted octanol–water partition coefficient (Wildman–Crippen LogP) is 4.29. The number of nitrogens with one attached hydrogen (secondary N) is 1. The van der Waals surface area contributed by atoms with Crippen LogP contribution >= 0.6 is 11.3 Å². The summed E-state index contributed by atoms with van der Waals surface area (Å²) >= 11 is 1.11. The summed E-state index contributed by atoms with van der Waals surface area (Å²) in [6.07, 6.45) is 0. The lowest BCUT2D eigenvalue weighted by Crippen LogP contribution is -2.25. The first kappa shape index (κ1) is 25.7. The monoisotopic (exact) mass is 523 g/mol. The Kier molecular flexibility index (Phi) is 7.73. The largest absolute Gasteiger partial charge is 0.494 e. The van der Waals surface area contributed by atoms with Gasteiger partial charge in [-0.3, -0.25) is 9.59 Å². The molecule has 0 radical (unpaired) electrons. The van der Waals surface area contributed by atoms with Crippen molar-refractivity contribution in [3.8, 4) is 22.9 Å². The van der Waals surface area contributed by atoms with Gasteiger partial charge in [0.25, 0.3) is 11.5 Å². The summed E-state index contributed by atoms with van der Waals surface area (Å²) in [5.41, 5.74) is 0.180. The van der Waals surface area contributed by atoms with Crippen molar-refractivity contribution in [3.63, 3.8) is 0 Å². The number of methoxy groups -OCH3 is 2. The number of amides is 1. The second-order valence-corrected chi connectivity index (χ2v) is 8.47. The number of thiophene rings is 1. The number of nitrogens with zero attached hydrogens (tertiary/aromatic N) is 2. The Morgan fingerprint density at radius 3 is 2.38 bits per heavy atom. The summed E-state index contributed by atoms with van der Waals surface area (Å²) in [7, 11) is 2.97. The first-order valence-electron chi connectivity index (χ1n) is 11.4. The van der Waals surface area contributed by atoms with Crippen molar-refractivity contribution in [3.05, 3.63) is 69.5 Å². The summed E-state index contributed by atoms with van der Waals surface area (Å²) in [4.78, 5) is 39.4. The van der Waals surface area contributed by atoms with E-state index in [0.717, 1.165) is 16.0 Å². The van der Waals surface area contributed by atoms with Crippen LogP contribution in [0.5, 0.6) is 17.2 Å². The Labute approximate surface area is 216 Å². The van der Waals surface area contributed by atoms with Gasteiger partial charge >= 0.3 is 5.97 Å². The Morgan fingerprint density at radius 1 is 1.00 bits per heavy atom. The average Bonchev–Trinajstić information content (AvgIpc) is 3.33. The van der Waals surface area contributed by atoms with Gasteiger partial charge in [-0.25, -0.2) is 4.79 Å². The molecule has 0 unspecified atom stereocenters. The number of benzene rings is 2. The van der Waals surface area contributed by atoms with Crippen LogP contribution in [0.1, 0.15) is 34.7 Å². The van der Waals surface area contributed by atoms with Crippen LogP contribution in [0.2, 0.25) is 0 Å². The van der Waals surface area contributed by atoms with Crippen LogP contribution in [0, 0.1) is 0 Å². The van der Waals surface area contributed by atoms with Gasteiger partial charge in [-0.05, 0) is 56.3 Å². The van der Waals surface area contributed by atoms with Gasteiger partial charge in [0.05, 0.1) is 38.5 Å². The van der Waals surface area contributed by atoms with Crippen LogP contribution in [-0.4, -0.2) is 49.1 Å². The third-order valence-corrected chi connectivity index (χ3v) is 6.28. The minimum atomic E-state index is -0.678.